The maximum Gasteiger partial charge on any atom is 0.343 e. The zero-order valence-electron chi connectivity index (χ0n) is 7.56. The summed E-state index contributed by atoms with van der Waals surface area (Å²) in [6.07, 6.45) is 4.94. The summed E-state index contributed by atoms with van der Waals surface area (Å²) in [5.74, 6) is -0.347. The van der Waals surface area contributed by atoms with E-state index < -0.39 is 0 Å². The molecule has 2 aromatic rings. The van der Waals surface area contributed by atoms with Crippen LogP contribution in [-0.4, -0.2) is 27.2 Å². The molecule has 0 saturated heterocycles. The Bertz CT molecular complexity index is 434. The first-order valence-corrected chi connectivity index (χ1v) is 4.00. The first kappa shape index (κ1) is 10.6. The van der Waals surface area contributed by atoms with E-state index in [4.69, 9.17) is 4.74 Å². The fourth-order valence-electron chi connectivity index (χ4n) is 1.16. The van der Waals surface area contributed by atoms with Gasteiger partial charge in [-0.1, -0.05) is 0 Å². The lowest BCUT2D eigenvalue weighted by Crippen LogP contribution is -2.03. The molecule has 76 valence electrons. The van der Waals surface area contributed by atoms with Gasteiger partial charge >= 0.3 is 5.97 Å². The third-order valence-electron chi connectivity index (χ3n) is 1.72. The number of H-pyrrole nitrogens is 1. The highest BCUT2D eigenvalue weighted by molar-refractivity contribution is 5.95. The van der Waals surface area contributed by atoms with Gasteiger partial charge in [-0.15, -0.1) is 12.4 Å². The molecular weight excluding hydrogens is 206 g/mol. The average molecular weight is 216 g/mol. The molecule has 0 saturated carbocycles. The molecule has 0 bridgehead atoms. The van der Waals surface area contributed by atoms with Gasteiger partial charge in [0.15, 0.2) is 5.65 Å². The molecule has 0 aromatic carbocycles. The van der Waals surface area contributed by atoms with Crippen LogP contribution in [0.15, 0.2) is 18.6 Å². The van der Waals surface area contributed by atoms with Crippen molar-refractivity contribution >= 4 is 24.0 Å². The molecule has 0 amide bonds. The number of hydrogen-bond acceptors (Lipinski definition) is 3. The molecular formula is C8H10ClN3O2. The van der Waals surface area contributed by atoms with E-state index in [0.29, 0.717) is 17.8 Å². The molecule has 0 radical (unpaired) electrons. The van der Waals surface area contributed by atoms with Crippen LogP contribution >= 0.6 is 12.4 Å². The number of hydrogen-bond donors (Lipinski definition) is 1. The third kappa shape index (κ3) is 1.58. The van der Waals surface area contributed by atoms with Gasteiger partial charge < -0.3 is 4.74 Å². The van der Waals surface area contributed by atoms with Crippen LogP contribution in [0.3, 0.4) is 0 Å². The van der Waals surface area contributed by atoms with E-state index in [2.05, 4.69) is 10.1 Å². The Balaban J connectivity index is 0.000000980. The molecule has 2 aromatic heterocycles. The highest BCUT2D eigenvalue weighted by Crippen LogP contribution is 2.08. The molecule has 0 unspecified atom stereocenters. The van der Waals surface area contributed by atoms with E-state index in [0.717, 1.165) is 0 Å². The smallest absolute Gasteiger partial charge is 0.343 e. The largest absolute Gasteiger partial charge is 0.462 e. The Morgan fingerprint density at radius 3 is 3.21 bits per heavy atom. The summed E-state index contributed by atoms with van der Waals surface area (Å²) in [5, 5.41) is 2.86. The van der Waals surface area contributed by atoms with Crippen LogP contribution in [0.2, 0.25) is 0 Å². The topological polar surface area (TPSA) is 59.4 Å². The Kier molecular flexibility index (Phi) is 3.14. The molecule has 2 heterocycles. The van der Waals surface area contributed by atoms with Crippen LogP contribution < -0.4 is 0 Å². The van der Waals surface area contributed by atoms with Crippen molar-refractivity contribution in [3.8, 4) is 0 Å². The van der Waals surface area contributed by atoms with Crippen molar-refractivity contribution in [3.63, 3.8) is 0 Å². The molecule has 1 N–H and O–H groups in total. The van der Waals surface area contributed by atoms with Crippen molar-refractivity contribution in [2.75, 3.05) is 6.61 Å². The normalized spacial score (nSPS) is 9.79. The molecule has 0 aliphatic rings. The molecule has 0 aliphatic carbocycles. The predicted molar refractivity (Wildman–Crippen MR) is 52.7 cm³/mol. The SMILES string of the molecule is CCOC(=O)c1c[nH]n2ccnc12.Cl. The summed E-state index contributed by atoms with van der Waals surface area (Å²) >= 11 is 0. The highest BCUT2D eigenvalue weighted by Gasteiger charge is 2.13. The summed E-state index contributed by atoms with van der Waals surface area (Å²) in [6.45, 7) is 2.14. The summed E-state index contributed by atoms with van der Waals surface area (Å²) in [6, 6.07) is 0. The van der Waals surface area contributed by atoms with E-state index in [-0.39, 0.29) is 18.4 Å². The van der Waals surface area contributed by atoms with Gasteiger partial charge in [0.2, 0.25) is 0 Å². The van der Waals surface area contributed by atoms with Gasteiger partial charge in [0.1, 0.15) is 5.56 Å². The lowest BCUT2D eigenvalue weighted by Gasteiger charge is -1.96. The van der Waals surface area contributed by atoms with Crippen molar-refractivity contribution in [2.24, 2.45) is 0 Å². The van der Waals surface area contributed by atoms with Crippen molar-refractivity contribution in [1.82, 2.24) is 14.6 Å². The third-order valence-corrected chi connectivity index (χ3v) is 1.72. The summed E-state index contributed by atoms with van der Waals surface area (Å²) in [7, 11) is 0. The number of ether oxygens (including phenoxy) is 1. The molecule has 0 spiro atoms. The number of esters is 1. The zero-order chi connectivity index (χ0) is 9.26. The number of aromatic nitrogens is 3. The molecule has 0 atom stereocenters. The van der Waals surface area contributed by atoms with Gasteiger partial charge in [0.25, 0.3) is 0 Å². The second-order valence-corrected chi connectivity index (χ2v) is 2.53. The van der Waals surface area contributed by atoms with Crippen LogP contribution in [0.25, 0.3) is 5.65 Å². The molecule has 6 heteroatoms. The monoisotopic (exact) mass is 215 g/mol. The van der Waals surface area contributed by atoms with Crippen molar-refractivity contribution in [1.29, 1.82) is 0 Å². The van der Waals surface area contributed by atoms with Crippen LogP contribution in [-0.2, 0) is 4.74 Å². The van der Waals surface area contributed by atoms with Gasteiger partial charge in [0.05, 0.1) is 6.61 Å². The van der Waals surface area contributed by atoms with Crippen LogP contribution in [0.1, 0.15) is 17.3 Å². The first-order valence-electron chi connectivity index (χ1n) is 4.00. The van der Waals surface area contributed by atoms with Crippen molar-refractivity contribution in [3.05, 3.63) is 24.2 Å². The van der Waals surface area contributed by atoms with Gasteiger partial charge in [-0.2, -0.15) is 0 Å². The van der Waals surface area contributed by atoms with Crippen LogP contribution in [0.4, 0.5) is 0 Å². The summed E-state index contributed by atoms with van der Waals surface area (Å²) in [4.78, 5) is 15.3. The highest BCUT2D eigenvalue weighted by atomic mass is 35.5. The molecule has 0 fully saturated rings. The summed E-state index contributed by atoms with van der Waals surface area (Å²) in [5.41, 5.74) is 1.06. The Morgan fingerprint density at radius 2 is 2.50 bits per heavy atom. The Hall–Kier alpha value is -1.49. The summed E-state index contributed by atoms with van der Waals surface area (Å²) < 4.78 is 6.51. The minimum atomic E-state index is -0.347. The molecule has 14 heavy (non-hydrogen) atoms. The fourth-order valence-corrected chi connectivity index (χ4v) is 1.16. The molecule has 5 nitrogen and oxygen atoms in total. The van der Waals surface area contributed by atoms with Crippen LogP contribution in [0.5, 0.6) is 0 Å². The number of imidazole rings is 1. The average Bonchev–Trinajstić information content (AvgIpc) is 2.62. The van der Waals surface area contributed by atoms with Crippen molar-refractivity contribution < 1.29 is 9.53 Å². The Labute approximate surface area is 86.5 Å². The van der Waals surface area contributed by atoms with E-state index in [9.17, 15) is 4.79 Å². The number of halogens is 1. The number of fused-ring (bicyclic) bond motifs is 1. The second-order valence-electron chi connectivity index (χ2n) is 2.53. The van der Waals surface area contributed by atoms with E-state index in [1.165, 1.54) is 0 Å². The number of aromatic amines is 1. The molecule has 0 aliphatic heterocycles. The van der Waals surface area contributed by atoms with Crippen LogP contribution in [0, 0.1) is 0 Å². The minimum absolute atomic E-state index is 0. The lowest BCUT2D eigenvalue weighted by molar-refractivity contribution is 0.0528. The minimum Gasteiger partial charge on any atom is -0.462 e. The van der Waals surface area contributed by atoms with Gasteiger partial charge in [0, 0.05) is 18.6 Å². The number of rotatable bonds is 2. The number of nitrogens with one attached hydrogen (secondary N) is 1. The van der Waals surface area contributed by atoms with E-state index >= 15 is 0 Å². The van der Waals surface area contributed by atoms with Gasteiger partial charge in [-0.25, -0.2) is 14.3 Å². The fraction of sp³-hybridized carbons (Fsp3) is 0.250. The molecule has 2 rings (SSSR count). The maximum atomic E-state index is 11.3. The van der Waals surface area contributed by atoms with Crippen molar-refractivity contribution in [2.45, 2.75) is 6.92 Å². The van der Waals surface area contributed by atoms with Gasteiger partial charge in [-0.3, -0.25) is 5.10 Å². The second kappa shape index (κ2) is 4.15. The van der Waals surface area contributed by atoms with E-state index in [1.807, 2.05) is 0 Å². The van der Waals surface area contributed by atoms with E-state index in [1.54, 1.807) is 30.0 Å². The maximum absolute atomic E-state index is 11.3. The lowest BCUT2D eigenvalue weighted by atomic mass is 10.3. The van der Waals surface area contributed by atoms with Gasteiger partial charge in [-0.05, 0) is 6.92 Å². The zero-order valence-corrected chi connectivity index (χ0v) is 8.37. The number of nitrogens with zero attached hydrogens (tertiary/aromatic N) is 2. The standard InChI is InChI=1S/C8H9N3O2.ClH/c1-2-13-8(12)6-5-10-11-4-3-9-7(6)11;/h3-5,10H,2H2,1H3;1H. The first-order chi connectivity index (χ1) is 6.33. The number of carbonyl (C=O) groups is 1. The number of carbonyl (C=O) groups excluding carboxylic acids is 1. The Morgan fingerprint density at radius 1 is 1.71 bits per heavy atom. The predicted octanol–water partition coefficient (Wildman–Crippen LogP) is 1.26. The quantitative estimate of drug-likeness (QED) is 0.768.